The monoisotopic (exact) mass is 429 g/mol. The number of hydrogen-bond acceptors (Lipinski definition) is 6. The second-order valence-corrected chi connectivity index (χ2v) is 10.4. The number of allylic oxidation sites excluding steroid dienone is 1. The van der Waals surface area contributed by atoms with Crippen LogP contribution in [0.2, 0.25) is 0 Å². The number of carbonyl (C=O) groups is 3. The van der Waals surface area contributed by atoms with Crippen molar-refractivity contribution in [2.75, 3.05) is 39.5 Å². The van der Waals surface area contributed by atoms with Crippen molar-refractivity contribution in [1.29, 1.82) is 0 Å². The van der Waals surface area contributed by atoms with Crippen LogP contribution in [0.25, 0.3) is 0 Å². The molecule has 6 atom stereocenters. The minimum absolute atomic E-state index is 0.0355. The van der Waals surface area contributed by atoms with E-state index in [1.807, 2.05) is 0 Å². The van der Waals surface area contributed by atoms with Crippen LogP contribution in [0, 0.1) is 34.5 Å². The van der Waals surface area contributed by atoms with E-state index in [1.165, 1.54) is 0 Å². The van der Waals surface area contributed by atoms with Crippen molar-refractivity contribution in [3.8, 4) is 0 Å². The topological polar surface area (TPSA) is 72.9 Å². The first kappa shape index (κ1) is 21.3. The van der Waals surface area contributed by atoms with E-state index < -0.39 is 10.8 Å². The molecule has 2 heterocycles. The standard InChI is InChI=1S/C25H35NO5/c1-3-4-7-24-19(6-11-31-23(24)29)18(15-26-9-12-30-13-10-26)22(28)25-8-5-17(14-20(24)25)16(2)21(25)27/h17-20H,2-15H2,1H3/t17-,18-,19?,20?,24?,25-/m0/s1. The van der Waals surface area contributed by atoms with Crippen LogP contribution < -0.4 is 0 Å². The molecular formula is C25H35NO5. The Morgan fingerprint density at radius 1 is 1.13 bits per heavy atom. The van der Waals surface area contributed by atoms with Crippen LogP contribution in [-0.4, -0.2) is 61.9 Å². The lowest BCUT2D eigenvalue weighted by atomic mass is 9.37. The predicted octanol–water partition coefficient (Wildman–Crippen LogP) is 2.80. The summed E-state index contributed by atoms with van der Waals surface area (Å²) in [5, 5.41) is 0. The Labute approximate surface area is 184 Å². The molecule has 6 heteroatoms. The summed E-state index contributed by atoms with van der Waals surface area (Å²) in [4.78, 5) is 43.9. The average Bonchev–Trinajstić information content (AvgIpc) is 2.79. The lowest BCUT2D eigenvalue weighted by Crippen LogP contribution is -2.71. The van der Waals surface area contributed by atoms with E-state index in [-0.39, 0.29) is 41.2 Å². The molecule has 2 saturated heterocycles. The van der Waals surface area contributed by atoms with Crippen molar-refractivity contribution < 1.29 is 23.9 Å². The van der Waals surface area contributed by atoms with Gasteiger partial charge in [0.15, 0.2) is 11.6 Å². The molecule has 0 N–H and O–H groups in total. The zero-order chi connectivity index (χ0) is 21.8. The molecule has 6 fully saturated rings. The minimum atomic E-state index is -1.07. The van der Waals surface area contributed by atoms with E-state index in [9.17, 15) is 14.4 Å². The van der Waals surface area contributed by atoms with Crippen molar-refractivity contribution in [2.24, 2.45) is 34.5 Å². The normalized spacial score (nSPS) is 42.9. The average molecular weight is 430 g/mol. The largest absolute Gasteiger partial charge is 0.465 e. The minimum Gasteiger partial charge on any atom is -0.465 e. The first-order valence-electron chi connectivity index (χ1n) is 12.2. The van der Waals surface area contributed by atoms with Crippen molar-refractivity contribution in [1.82, 2.24) is 4.90 Å². The summed E-state index contributed by atoms with van der Waals surface area (Å²) in [7, 11) is 0. The fraction of sp³-hybridized carbons (Fsp3) is 0.800. The fourth-order valence-corrected chi connectivity index (χ4v) is 7.80. The molecule has 0 amide bonds. The Morgan fingerprint density at radius 2 is 1.90 bits per heavy atom. The van der Waals surface area contributed by atoms with Gasteiger partial charge < -0.3 is 9.47 Å². The fourth-order valence-electron chi connectivity index (χ4n) is 7.80. The van der Waals surface area contributed by atoms with Gasteiger partial charge in [-0.25, -0.2) is 0 Å². The molecule has 2 aliphatic heterocycles. The van der Waals surface area contributed by atoms with Gasteiger partial charge in [0.05, 0.1) is 30.7 Å². The van der Waals surface area contributed by atoms with Crippen molar-refractivity contribution in [3.05, 3.63) is 12.2 Å². The summed E-state index contributed by atoms with van der Waals surface area (Å²) < 4.78 is 11.2. The van der Waals surface area contributed by atoms with Crippen LogP contribution in [0.3, 0.4) is 0 Å². The van der Waals surface area contributed by atoms with Crippen LogP contribution in [0.1, 0.15) is 51.9 Å². The number of ketones is 2. The van der Waals surface area contributed by atoms with Gasteiger partial charge in [0.2, 0.25) is 0 Å². The lowest BCUT2D eigenvalue weighted by molar-refractivity contribution is -0.210. The summed E-state index contributed by atoms with van der Waals surface area (Å²) in [6.45, 7) is 10.2. The third-order valence-electron chi connectivity index (χ3n) is 9.28. The smallest absolute Gasteiger partial charge is 0.312 e. The van der Waals surface area contributed by atoms with Gasteiger partial charge in [-0.2, -0.15) is 0 Å². The van der Waals surface area contributed by atoms with E-state index in [1.54, 1.807) is 0 Å². The second kappa shape index (κ2) is 7.80. The number of morpholine rings is 1. The highest BCUT2D eigenvalue weighted by Gasteiger charge is 2.74. The van der Waals surface area contributed by atoms with E-state index in [4.69, 9.17) is 9.47 Å². The second-order valence-electron chi connectivity index (χ2n) is 10.4. The number of unbranched alkanes of at least 4 members (excludes halogenated alkanes) is 1. The third kappa shape index (κ3) is 2.86. The van der Waals surface area contributed by atoms with E-state index in [0.717, 1.165) is 51.6 Å². The van der Waals surface area contributed by atoms with Crippen molar-refractivity contribution in [2.45, 2.75) is 51.9 Å². The van der Waals surface area contributed by atoms with Crippen LogP contribution >= 0.6 is 0 Å². The van der Waals surface area contributed by atoms with Crippen molar-refractivity contribution >= 4 is 17.5 Å². The Kier molecular flexibility index (Phi) is 5.37. The molecule has 0 aromatic heterocycles. The molecular weight excluding hydrogens is 394 g/mol. The molecule has 6 rings (SSSR count). The van der Waals surface area contributed by atoms with Gasteiger partial charge in [-0.1, -0.05) is 26.3 Å². The van der Waals surface area contributed by atoms with Gasteiger partial charge in [0, 0.05) is 25.6 Å². The number of ether oxygens (including phenoxy) is 2. The molecule has 6 aliphatic rings. The Bertz CT molecular complexity index is 802. The van der Waals surface area contributed by atoms with E-state index in [0.29, 0.717) is 38.4 Å². The lowest BCUT2D eigenvalue weighted by Gasteiger charge is -2.64. The van der Waals surface area contributed by atoms with Crippen LogP contribution in [0.4, 0.5) is 0 Å². The maximum absolute atomic E-state index is 14.3. The first-order valence-corrected chi connectivity index (χ1v) is 12.2. The maximum Gasteiger partial charge on any atom is 0.312 e. The zero-order valence-corrected chi connectivity index (χ0v) is 18.7. The Balaban J connectivity index is 1.63. The Hall–Kier alpha value is -1.53. The number of hydrogen-bond donors (Lipinski definition) is 0. The third-order valence-corrected chi connectivity index (χ3v) is 9.28. The summed E-state index contributed by atoms with van der Waals surface area (Å²) in [6, 6.07) is 0. The highest BCUT2D eigenvalue weighted by molar-refractivity contribution is 6.17. The van der Waals surface area contributed by atoms with Crippen LogP contribution in [-0.2, 0) is 23.9 Å². The number of rotatable bonds is 5. The highest BCUT2D eigenvalue weighted by Crippen LogP contribution is 2.68. The van der Waals surface area contributed by atoms with Gasteiger partial charge >= 0.3 is 5.97 Å². The highest BCUT2D eigenvalue weighted by atomic mass is 16.5. The van der Waals surface area contributed by atoms with Gasteiger partial charge in [0.25, 0.3) is 0 Å². The molecule has 6 nitrogen and oxygen atoms in total. The molecule has 170 valence electrons. The number of carbonyl (C=O) groups excluding carboxylic acids is 3. The predicted molar refractivity (Wildman–Crippen MR) is 114 cm³/mol. The number of fused-ring (bicyclic) bond motifs is 3. The van der Waals surface area contributed by atoms with Crippen LogP contribution in [0.15, 0.2) is 12.2 Å². The summed E-state index contributed by atoms with van der Waals surface area (Å²) in [5.41, 5.74) is -1.16. The maximum atomic E-state index is 14.3. The molecule has 3 unspecified atom stereocenters. The molecule has 31 heavy (non-hydrogen) atoms. The molecule has 0 aromatic rings. The molecule has 0 radical (unpaired) electrons. The van der Waals surface area contributed by atoms with Crippen LogP contribution in [0.5, 0.6) is 0 Å². The van der Waals surface area contributed by atoms with E-state index >= 15 is 0 Å². The molecule has 0 aromatic carbocycles. The first-order chi connectivity index (χ1) is 15.0. The van der Waals surface area contributed by atoms with E-state index in [2.05, 4.69) is 18.4 Å². The SMILES string of the molecule is C=C1C(=O)[C@]23CC[C@H]1CC2C1(CCCC)C(=O)OCCC1[C@H](CN1CCOCC1)C3=O. The summed E-state index contributed by atoms with van der Waals surface area (Å²) >= 11 is 0. The quantitative estimate of drug-likeness (QED) is 0.380. The zero-order valence-electron chi connectivity index (χ0n) is 18.7. The molecule has 4 aliphatic carbocycles. The van der Waals surface area contributed by atoms with Gasteiger partial charge in [-0.15, -0.1) is 0 Å². The molecule has 4 saturated carbocycles. The molecule has 1 spiro atoms. The van der Waals surface area contributed by atoms with Gasteiger partial charge in [0.1, 0.15) is 0 Å². The number of Topliss-reactive ketones (excluding diaryl/α,β-unsaturated/α-hetero) is 2. The summed E-state index contributed by atoms with van der Waals surface area (Å²) in [5.74, 6) is -0.569. The van der Waals surface area contributed by atoms with Gasteiger partial charge in [-0.05, 0) is 55.4 Å². The number of cyclic esters (lactones) is 1. The Morgan fingerprint density at radius 3 is 2.65 bits per heavy atom. The van der Waals surface area contributed by atoms with Crippen molar-refractivity contribution in [3.63, 3.8) is 0 Å². The number of nitrogens with zero attached hydrogens (tertiary/aromatic N) is 1. The number of esters is 1. The van der Waals surface area contributed by atoms with Gasteiger partial charge in [-0.3, -0.25) is 19.3 Å². The summed E-state index contributed by atoms with van der Waals surface area (Å²) in [6.07, 6.45) is 5.48. The molecule has 2 bridgehead atoms.